The molecular weight excluding hydrogens is 374 g/mol. The van der Waals surface area contributed by atoms with E-state index in [0.717, 1.165) is 35.6 Å². The van der Waals surface area contributed by atoms with Gasteiger partial charge in [-0.3, -0.25) is 4.79 Å². The molecule has 3 rings (SSSR count). The smallest absolute Gasteiger partial charge is 0.255 e. The Hall–Kier alpha value is -3.34. The largest absolute Gasteiger partial charge is 0.457 e. The number of hydrogen-bond donors (Lipinski definition) is 2. The molecule has 0 aliphatic carbocycles. The van der Waals surface area contributed by atoms with E-state index < -0.39 is 0 Å². The molecule has 0 spiro atoms. The highest BCUT2D eigenvalue weighted by atomic mass is 16.5. The van der Waals surface area contributed by atoms with Crippen LogP contribution >= 0.6 is 0 Å². The van der Waals surface area contributed by atoms with Crippen molar-refractivity contribution in [3.63, 3.8) is 0 Å². The van der Waals surface area contributed by atoms with Crippen molar-refractivity contribution in [2.75, 3.05) is 5.73 Å². The highest BCUT2D eigenvalue weighted by Gasteiger charge is 2.12. The zero-order valence-corrected chi connectivity index (χ0v) is 17.8. The molecule has 1 heterocycles. The van der Waals surface area contributed by atoms with E-state index in [2.05, 4.69) is 36.3 Å². The SMILES string of the molecule is CCCC(C)c1ccccc1Oc1ccc(CNC(=O)c2ccc(C)nc2N)cc1. The van der Waals surface area contributed by atoms with Gasteiger partial charge in [-0.2, -0.15) is 0 Å². The minimum absolute atomic E-state index is 0.237. The zero-order chi connectivity index (χ0) is 21.5. The summed E-state index contributed by atoms with van der Waals surface area (Å²) in [6.07, 6.45) is 2.26. The van der Waals surface area contributed by atoms with Gasteiger partial charge in [-0.25, -0.2) is 4.98 Å². The fourth-order valence-corrected chi connectivity index (χ4v) is 3.42. The Morgan fingerprint density at radius 3 is 2.53 bits per heavy atom. The summed E-state index contributed by atoms with van der Waals surface area (Å²) in [6.45, 7) is 6.66. The van der Waals surface area contributed by atoms with Crippen molar-refractivity contribution in [3.8, 4) is 11.5 Å². The second kappa shape index (κ2) is 9.92. The predicted molar refractivity (Wildman–Crippen MR) is 121 cm³/mol. The van der Waals surface area contributed by atoms with Crippen LogP contribution < -0.4 is 15.8 Å². The van der Waals surface area contributed by atoms with Gasteiger partial charge >= 0.3 is 0 Å². The summed E-state index contributed by atoms with van der Waals surface area (Å²) in [4.78, 5) is 16.5. The number of rotatable bonds is 8. The molecule has 1 amide bonds. The van der Waals surface area contributed by atoms with Gasteiger partial charge in [0.25, 0.3) is 5.91 Å². The van der Waals surface area contributed by atoms with Gasteiger partial charge in [0.05, 0.1) is 5.56 Å². The minimum atomic E-state index is -0.237. The normalized spacial score (nSPS) is 11.7. The van der Waals surface area contributed by atoms with Crippen LogP contribution in [0.2, 0.25) is 0 Å². The molecule has 0 bridgehead atoms. The number of anilines is 1. The van der Waals surface area contributed by atoms with Gasteiger partial charge in [0.2, 0.25) is 0 Å². The first-order valence-electron chi connectivity index (χ1n) is 10.3. The van der Waals surface area contributed by atoms with Crippen molar-refractivity contribution < 1.29 is 9.53 Å². The number of para-hydroxylation sites is 1. The van der Waals surface area contributed by atoms with Crippen LogP contribution in [-0.4, -0.2) is 10.9 Å². The predicted octanol–water partition coefficient (Wildman–Crippen LogP) is 5.60. The Morgan fingerprint density at radius 2 is 1.83 bits per heavy atom. The Morgan fingerprint density at radius 1 is 1.10 bits per heavy atom. The molecule has 0 aliphatic heterocycles. The fraction of sp³-hybridized carbons (Fsp3) is 0.280. The van der Waals surface area contributed by atoms with Gasteiger partial charge in [0.1, 0.15) is 17.3 Å². The number of nitrogens with zero attached hydrogens (tertiary/aromatic N) is 1. The van der Waals surface area contributed by atoms with Gasteiger partial charge in [-0.05, 0) is 60.7 Å². The summed E-state index contributed by atoms with van der Waals surface area (Å²) in [5, 5.41) is 2.88. The highest BCUT2D eigenvalue weighted by Crippen LogP contribution is 2.32. The summed E-state index contributed by atoms with van der Waals surface area (Å²) in [7, 11) is 0. The molecule has 5 nitrogen and oxygen atoms in total. The van der Waals surface area contributed by atoms with Crippen LogP contribution in [0.5, 0.6) is 11.5 Å². The van der Waals surface area contributed by atoms with Crippen molar-refractivity contribution in [2.24, 2.45) is 0 Å². The van der Waals surface area contributed by atoms with E-state index in [1.54, 1.807) is 12.1 Å². The van der Waals surface area contributed by atoms with Crippen LogP contribution in [0, 0.1) is 6.92 Å². The van der Waals surface area contributed by atoms with Gasteiger partial charge in [0.15, 0.2) is 0 Å². The number of aromatic nitrogens is 1. The number of carbonyl (C=O) groups is 1. The zero-order valence-electron chi connectivity index (χ0n) is 17.8. The van der Waals surface area contributed by atoms with Crippen molar-refractivity contribution >= 4 is 11.7 Å². The molecule has 0 fully saturated rings. The lowest BCUT2D eigenvalue weighted by atomic mass is 9.96. The van der Waals surface area contributed by atoms with Crippen molar-refractivity contribution in [1.29, 1.82) is 0 Å². The third kappa shape index (κ3) is 5.38. The third-order valence-corrected chi connectivity index (χ3v) is 5.08. The number of aryl methyl sites for hydroxylation is 1. The van der Waals surface area contributed by atoms with E-state index in [0.29, 0.717) is 18.0 Å². The van der Waals surface area contributed by atoms with E-state index in [1.165, 1.54) is 5.56 Å². The number of nitrogens with one attached hydrogen (secondary N) is 1. The van der Waals surface area contributed by atoms with Crippen LogP contribution in [0.1, 0.15) is 59.8 Å². The minimum Gasteiger partial charge on any atom is -0.457 e. The summed E-state index contributed by atoms with van der Waals surface area (Å²) >= 11 is 0. The number of ether oxygens (including phenoxy) is 1. The summed E-state index contributed by atoms with van der Waals surface area (Å²) in [5.74, 6) is 2.12. The summed E-state index contributed by atoms with van der Waals surface area (Å²) in [5.41, 5.74) is 9.21. The number of nitrogens with two attached hydrogens (primary N) is 1. The number of benzene rings is 2. The number of nitrogen functional groups attached to an aromatic ring is 1. The Balaban J connectivity index is 1.63. The second-order valence-corrected chi connectivity index (χ2v) is 7.54. The number of carbonyl (C=O) groups excluding carboxylic acids is 1. The molecule has 5 heteroatoms. The van der Waals surface area contributed by atoms with Crippen molar-refractivity contribution in [3.05, 3.63) is 83.0 Å². The van der Waals surface area contributed by atoms with Gasteiger partial charge in [0, 0.05) is 12.2 Å². The van der Waals surface area contributed by atoms with Crippen LogP contribution in [0.3, 0.4) is 0 Å². The number of hydrogen-bond acceptors (Lipinski definition) is 4. The molecular formula is C25H29N3O2. The van der Waals surface area contributed by atoms with Crippen molar-refractivity contribution in [2.45, 2.75) is 46.1 Å². The van der Waals surface area contributed by atoms with Crippen molar-refractivity contribution in [1.82, 2.24) is 10.3 Å². The van der Waals surface area contributed by atoms with Crippen LogP contribution in [0.15, 0.2) is 60.7 Å². The number of pyridine rings is 1. The summed E-state index contributed by atoms with van der Waals surface area (Å²) in [6, 6.07) is 19.4. The maximum absolute atomic E-state index is 12.4. The third-order valence-electron chi connectivity index (χ3n) is 5.08. The van der Waals surface area contributed by atoms with E-state index in [9.17, 15) is 4.79 Å². The first kappa shape index (κ1) is 21.4. The first-order chi connectivity index (χ1) is 14.5. The quantitative estimate of drug-likeness (QED) is 0.513. The molecule has 0 radical (unpaired) electrons. The molecule has 156 valence electrons. The van der Waals surface area contributed by atoms with Gasteiger partial charge in [-0.1, -0.05) is 50.6 Å². The lowest BCUT2D eigenvalue weighted by Gasteiger charge is -2.16. The number of amides is 1. The molecule has 0 aliphatic rings. The molecule has 1 aromatic heterocycles. The van der Waals surface area contributed by atoms with E-state index in [1.807, 2.05) is 43.3 Å². The fourth-order valence-electron chi connectivity index (χ4n) is 3.42. The van der Waals surface area contributed by atoms with Crippen LogP contribution in [-0.2, 0) is 6.54 Å². The van der Waals surface area contributed by atoms with E-state index in [4.69, 9.17) is 10.5 Å². The maximum atomic E-state index is 12.4. The highest BCUT2D eigenvalue weighted by molar-refractivity contribution is 5.98. The maximum Gasteiger partial charge on any atom is 0.255 e. The molecule has 3 N–H and O–H groups in total. The lowest BCUT2D eigenvalue weighted by Crippen LogP contribution is -2.24. The molecule has 3 aromatic rings. The Bertz CT molecular complexity index is 1000. The topological polar surface area (TPSA) is 77.2 Å². The Labute approximate surface area is 178 Å². The monoisotopic (exact) mass is 403 g/mol. The first-order valence-corrected chi connectivity index (χ1v) is 10.3. The second-order valence-electron chi connectivity index (χ2n) is 7.54. The lowest BCUT2D eigenvalue weighted by molar-refractivity contribution is 0.0951. The van der Waals surface area contributed by atoms with E-state index in [-0.39, 0.29) is 11.7 Å². The molecule has 0 saturated heterocycles. The van der Waals surface area contributed by atoms with Crippen LogP contribution in [0.4, 0.5) is 5.82 Å². The Kier molecular flexibility index (Phi) is 7.07. The molecule has 2 aromatic carbocycles. The van der Waals surface area contributed by atoms with Gasteiger partial charge in [-0.15, -0.1) is 0 Å². The molecule has 1 atom stereocenters. The average molecular weight is 404 g/mol. The molecule has 0 saturated carbocycles. The summed E-state index contributed by atoms with van der Waals surface area (Å²) < 4.78 is 6.14. The van der Waals surface area contributed by atoms with E-state index >= 15 is 0 Å². The van der Waals surface area contributed by atoms with Gasteiger partial charge < -0.3 is 15.8 Å². The standard InChI is InChI=1S/C25H29N3O2/c1-4-7-17(2)21-8-5-6-9-23(21)30-20-13-11-19(12-14-20)16-27-25(29)22-15-10-18(3)28-24(22)26/h5-6,8-15,17H,4,7,16H2,1-3H3,(H2,26,28)(H,27,29). The van der Waals surface area contributed by atoms with Crippen LogP contribution in [0.25, 0.3) is 0 Å². The molecule has 1 unspecified atom stereocenters. The molecule has 30 heavy (non-hydrogen) atoms. The average Bonchev–Trinajstić information content (AvgIpc) is 2.73.